The predicted molar refractivity (Wildman–Crippen MR) is 196 cm³/mol. The van der Waals surface area contributed by atoms with Crippen molar-refractivity contribution in [3.63, 3.8) is 0 Å². The monoisotopic (exact) mass is 714 g/mol. The molecule has 49 heavy (non-hydrogen) atoms. The Bertz CT molecular complexity index is 962. The summed E-state index contributed by atoms with van der Waals surface area (Å²) in [4.78, 5) is 34.7. The molecule has 0 fully saturated rings. The quantitative estimate of drug-likeness (QED) is 0.0255. The lowest BCUT2D eigenvalue weighted by atomic mass is 10.1. The Morgan fingerprint density at radius 3 is 1.69 bits per heavy atom. The number of hydrogen-bond acceptors (Lipinski definition) is 9. The number of ether oxygens (including phenoxy) is 2. The van der Waals surface area contributed by atoms with Gasteiger partial charge in [0.2, 0.25) is 0 Å². The Labute approximate surface area is 296 Å². The van der Waals surface area contributed by atoms with Gasteiger partial charge in [0, 0.05) is 12.8 Å². The van der Waals surface area contributed by atoms with Crippen LogP contribution in [0.1, 0.15) is 142 Å². The molecule has 0 aliphatic heterocycles. The summed E-state index contributed by atoms with van der Waals surface area (Å²) in [6.45, 7) is 2.18. The highest BCUT2D eigenvalue weighted by Gasteiger charge is 2.27. The number of hydrogen-bond donors (Lipinski definition) is 3. The number of aliphatic hydroxyl groups is 2. The maximum atomic E-state index is 12.5. The van der Waals surface area contributed by atoms with Crippen molar-refractivity contribution in [3.05, 3.63) is 48.6 Å². The van der Waals surface area contributed by atoms with E-state index >= 15 is 0 Å². The van der Waals surface area contributed by atoms with Crippen molar-refractivity contribution in [2.75, 3.05) is 26.4 Å². The van der Waals surface area contributed by atoms with E-state index in [1.54, 1.807) is 0 Å². The first-order valence-corrected chi connectivity index (χ1v) is 20.1. The molecule has 0 bridgehead atoms. The van der Waals surface area contributed by atoms with Gasteiger partial charge in [0.1, 0.15) is 12.7 Å². The number of allylic oxidation sites excluding steroid dienone is 8. The lowest BCUT2D eigenvalue weighted by molar-refractivity contribution is -0.161. The zero-order valence-corrected chi connectivity index (χ0v) is 31.3. The normalized spacial score (nSPS) is 14.6. The molecule has 10 nitrogen and oxygen atoms in total. The van der Waals surface area contributed by atoms with Gasteiger partial charge < -0.3 is 24.6 Å². The van der Waals surface area contributed by atoms with Gasteiger partial charge in [-0.25, -0.2) is 4.57 Å². The molecular formula is C38H67O10P. The molecule has 284 valence electrons. The topological polar surface area (TPSA) is 149 Å². The zero-order valence-electron chi connectivity index (χ0n) is 30.4. The van der Waals surface area contributed by atoms with Gasteiger partial charge in [-0.1, -0.05) is 127 Å². The number of esters is 2. The minimum Gasteiger partial charge on any atom is -0.462 e. The highest BCUT2D eigenvalue weighted by atomic mass is 31.2. The number of rotatable bonds is 34. The maximum Gasteiger partial charge on any atom is 0.472 e. The molecule has 0 aliphatic carbocycles. The summed E-state index contributed by atoms with van der Waals surface area (Å²) in [5.41, 5.74) is 0. The van der Waals surface area contributed by atoms with Gasteiger partial charge >= 0.3 is 19.8 Å². The molecule has 0 amide bonds. The Kier molecular flexibility index (Phi) is 32.9. The second-order valence-corrected chi connectivity index (χ2v) is 13.7. The fourth-order valence-electron chi connectivity index (χ4n) is 4.63. The number of carbonyl (C=O) groups is 2. The fourth-order valence-corrected chi connectivity index (χ4v) is 5.42. The van der Waals surface area contributed by atoms with Crippen molar-refractivity contribution < 1.29 is 47.8 Å². The first kappa shape index (κ1) is 46.9. The molecular weight excluding hydrogens is 647 g/mol. The maximum absolute atomic E-state index is 12.5. The summed E-state index contributed by atoms with van der Waals surface area (Å²) < 4.78 is 32.5. The lowest BCUT2D eigenvalue weighted by Crippen LogP contribution is -2.29. The molecule has 3 atom stereocenters. The van der Waals surface area contributed by atoms with E-state index in [4.69, 9.17) is 19.1 Å². The largest absolute Gasteiger partial charge is 0.472 e. The zero-order chi connectivity index (χ0) is 36.3. The van der Waals surface area contributed by atoms with E-state index < -0.39 is 51.8 Å². The van der Waals surface area contributed by atoms with Crippen LogP contribution in [0, 0.1) is 0 Å². The van der Waals surface area contributed by atoms with Gasteiger partial charge in [-0.2, -0.15) is 0 Å². The van der Waals surface area contributed by atoms with Crippen LogP contribution in [0.4, 0.5) is 0 Å². The fraction of sp³-hybridized carbons (Fsp3) is 0.737. The van der Waals surface area contributed by atoms with E-state index in [0.717, 1.165) is 57.8 Å². The molecule has 0 saturated heterocycles. The molecule has 11 heteroatoms. The average molecular weight is 715 g/mol. The van der Waals surface area contributed by atoms with Crippen molar-refractivity contribution in [3.8, 4) is 0 Å². The number of phosphoric acid groups is 1. The van der Waals surface area contributed by atoms with Crippen molar-refractivity contribution >= 4 is 19.8 Å². The Morgan fingerprint density at radius 1 is 0.633 bits per heavy atom. The highest BCUT2D eigenvalue weighted by Crippen LogP contribution is 2.43. The van der Waals surface area contributed by atoms with Crippen LogP contribution in [-0.4, -0.2) is 65.7 Å². The second-order valence-electron chi connectivity index (χ2n) is 12.2. The Morgan fingerprint density at radius 2 is 1.12 bits per heavy atom. The summed E-state index contributed by atoms with van der Waals surface area (Å²) in [7, 11) is -4.62. The molecule has 0 aliphatic rings. The molecule has 0 saturated carbocycles. The number of unbranched alkanes of at least 4 members (excludes halogenated alkanes) is 12. The lowest BCUT2D eigenvalue weighted by Gasteiger charge is -2.20. The van der Waals surface area contributed by atoms with E-state index in [9.17, 15) is 24.2 Å². The minimum absolute atomic E-state index is 0.132. The van der Waals surface area contributed by atoms with E-state index in [0.29, 0.717) is 12.8 Å². The molecule has 0 spiro atoms. The molecule has 0 aromatic carbocycles. The Balaban J connectivity index is 4.47. The smallest absolute Gasteiger partial charge is 0.462 e. The third kappa shape index (κ3) is 34.2. The number of phosphoric ester groups is 1. The van der Waals surface area contributed by atoms with E-state index in [2.05, 4.69) is 67.0 Å². The minimum atomic E-state index is -4.62. The van der Waals surface area contributed by atoms with E-state index in [1.807, 2.05) is 0 Å². The SMILES string of the molecule is CC/C=C/C/C=C/C/C=C/C/C=C/CCCCC(=O)O[C@H](COC(=O)CCCCCCCCCCCCC)COP(=O)(O)OC[C@@H](O)CO. The third-order valence-electron chi connectivity index (χ3n) is 7.50. The van der Waals surface area contributed by atoms with Crippen LogP contribution < -0.4 is 0 Å². The van der Waals surface area contributed by atoms with Gasteiger partial charge in [0.25, 0.3) is 0 Å². The first-order chi connectivity index (χ1) is 23.7. The van der Waals surface area contributed by atoms with E-state index in [-0.39, 0.29) is 19.4 Å². The van der Waals surface area contributed by atoms with Crippen LogP contribution in [0.3, 0.4) is 0 Å². The number of aliphatic hydroxyl groups excluding tert-OH is 2. The summed E-state index contributed by atoms with van der Waals surface area (Å²) in [6.07, 6.45) is 33.7. The second kappa shape index (κ2) is 34.4. The molecule has 0 aromatic heterocycles. The summed E-state index contributed by atoms with van der Waals surface area (Å²) in [5, 5.41) is 18.2. The first-order valence-electron chi connectivity index (χ1n) is 18.6. The average Bonchev–Trinajstić information content (AvgIpc) is 3.09. The van der Waals surface area contributed by atoms with Crippen LogP contribution in [0.25, 0.3) is 0 Å². The highest BCUT2D eigenvalue weighted by molar-refractivity contribution is 7.47. The molecule has 1 unspecified atom stereocenters. The van der Waals surface area contributed by atoms with Gasteiger partial charge in [-0.05, 0) is 51.4 Å². The predicted octanol–water partition coefficient (Wildman–Crippen LogP) is 8.99. The molecule has 0 heterocycles. The van der Waals surface area contributed by atoms with Gasteiger partial charge in [0.15, 0.2) is 6.10 Å². The summed E-state index contributed by atoms with van der Waals surface area (Å²) >= 11 is 0. The van der Waals surface area contributed by atoms with Crippen LogP contribution in [0.5, 0.6) is 0 Å². The van der Waals surface area contributed by atoms with Crippen LogP contribution in [0.15, 0.2) is 48.6 Å². The van der Waals surface area contributed by atoms with Crippen LogP contribution in [-0.2, 0) is 32.7 Å². The third-order valence-corrected chi connectivity index (χ3v) is 8.45. The summed E-state index contributed by atoms with van der Waals surface area (Å²) in [5.74, 6) is -0.978. The molecule has 3 N–H and O–H groups in total. The van der Waals surface area contributed by atoms with Gasteiger partial charge in [-0.3, -0.25) is 18.6 Å². The van der Waals surface area contributed by atoms with Gasteiger partial charge in [-0.15, -0.1) is 0 Å². The molecule has 0 radical (unpaired) electrons. The standard InChI is InChI=1S/C38H67O10P/c1-3-5-7-9-11-13-15-16-17-18-20-22-24-26-28-30-38(42)48-36(34-47-49(43,44)46-32-35(40)31-39)33-45-37(41)29-27-25-23-21-19-14-12-10-8-6-4-2/h5,7,11,13,16-17,20,22,35-36,39-40H,3-4,6,8-10,12,14-15,18-19,21,23-34H2,1-2H3,(H,43,44)/b7-5+,13-11+,17-16+,22-20+/t35-,36+/m0/s1. The van der Waals surface area contributed by atoms with Crippen LogP contribution >= 0.6 is 7.82 Å². The van der Waals surface area contributed by atoms with E-state index in [1.165, 1.54) is 44.9 Å². The van der Waals surface area contributed by atoms with Crippen molar-refractivity contribution in [1.29, 1.82) is 0 Å². The van der Waals surface area contributed by atoms with Crippen molar-refractivity contribution in [2.24, 2.45) is 0 Å². The van der Waals surface area contributed by atoms with Crippen LogP contribution in [0.2, 0.25) is 0 Å². The summed E-state index contributed by atoms with van der Waals surface area (Å²) in [6, 6.07) is 0. The van der Waals surface area contributed by atoms with Crippen molar-refractivity contribution in [1.82, 2.24) is 0 Å². The van der Waals surface area contributed by atoms with Gasteiger partial charge in [0.05, 0.1) is 19.8 Å². The van der Waals surface area contributed by atoms with Crippen molar-refractivity contribution in [2.45, 2.75) is 154 Å². The Hall–Kier alpha value is -2.07. The molecule has 0 rings (SSSR count). The molecule has 0 aromatic rings. The number of carbonyl (C=O) groups excluding carboxylic acids is 2.